The maximum Gasteiger partial charge on any atom is 0.258 e. The van der Waals surface area contributed by atoms with E-state index in [1.165, 1.54) is 16.8 Å². The average Bonchev–Trinajstić information content (AvgIpc) is 3.26. The Balaban J connectivity index is 0.00000324. The fraction of sp³-hybridized carbons (Fsp3) is 0.519. The maximum absolute atomic E-state index is 13.2. The largest absolute Gasteiger partial charge is 0.507 e. The van der Waals surface area contributed by atoms with Crippen molar-refractivity contribution in [3.05, 3.63) is 58.7 Å². The molecular weight excluding hydrogens is 430 g/mol. The van der Waals surface area contributed by atoms with E-state index in [1.807, 2.05) is 17.0 Å². The minimum absolute atomic E-state index is 0. The van der Waals surface area contributed by atoms with Crippen molar-refractivity contribution in [2.45, 2.75) is 58.7 Å². The molecule has 4 rings (SSSR count). The first-order valence-corrected chi connectivity index (χ1v) is 12.2. The van der Waals surface area contributed by atoms with Crippen LogP contribution < -0.4 is 4.90 Å². The van der Waals surface area contributed by atoms with Crippen molar-refractivity contribution < 1.29 is 20.5 Å². The predicted octanol–water partition coefficient (Wildman–Crippen LogP) is 3.13. The molecule has 186 valence electrons. The number of aromatic hydroxyl groups is 1. The number of aliphatic hydroxyl groups excluding tert-OH is 1. The quantitative estimate of drug-likeness (QED) is 0.649. The second kappa shape index (κ2) is 11.2. The Morgan fingerprint density at radius 2 is 1.79 bits per heavy atom. The smallest absolute Gasteiger partial charge is 0.258 e. The van der Waals surface area contributed by atoms with Gasteiger partial charge < -0.3 is 25.5 Å². The molecule has 0 spiro atoms. The standard InChI is InChI=1S/C27H37N3O3.H2O/c1-4-28(13-14-31)23-9-11-29(12-10-23)24-7-5-21-17-30(18-22(21)15-24)27(33)25-16-20(19(2)3)6-8-26(25)32;/h5-8,15-16,19,23,31-32H,4,9-14,17-18H2,1-3H3;1H2. The molecule has 4 N–H and O–H groups in total. The second-order valence-corrected chi connectivity index (χ2v) is 9.62. The lowest BCUT2D eigenvalue weighted by Gasteiger charge is -2.39. The number of rotatable bonds is 7. The molecule has 0 unspecified atom stereocenters. The lowest BCUT2D eigenvalue weighted by Crippen LogP contribution is -2.45. The molecule has 1 fully saturated rings. The topological polar surface area (TPSA) is 98.8 Å². The van der Waals surface area contributed by atoms with Crippen molar-refractivity contribution in [3.63, 3.8) is 0 Å². The van der Waals surface area contributed by atoms with Crippen LogP contribution in [0.1, 0.15) is 66.6 Å². The number of carbonyl (C=O) groups excluding carboxylic acids is 1. The van der Waals surface area contributed by atoms with Gasteiger partial charge in [0.05, 0.1) is 12.2 Å². The highest BCUT2D eigenvalue weighted by molar-refractivity contribution is 5.97. The summed E-state index contributed by atoms with van der Waals surface area (Å²) in [5, 5.41) is 19.6. The van der Waals surface area contributed by atoms with Gasteiger partial charge in [-0.1, -0.05) is 32.9 Å². The molecule has 1 amide bonds. The van der Waals surface area contributed by atoms with Crippen LogP contribution >= 0.6 is 0 Å². The van der Waals surface area contributed by atoms with E-state index >= 15 is 0 Å². The number of aliphatic hydroxyl groups is 1. The first-order valence-electron chi connectivity index (χ1n) is 12.2. The molecule has 0 saturated carbocycles. The highest BCUT2D eigenvalue weighted by Gasteiger charge is 2.28. The Morgan fingerprint density at radius 1 is 1.09 bits per heavy atom. The van der Waals surface area contributed by atoms with Crippen LogP contribution in [0.3, 0.4) is 0 Å². The van der Waals surface area contributed by atoms with E-state index in [1.54, 1.807) is 6.07 Å². The predicted molar refractivity (Wildman–Crippen MR) is 135 cm³/mol. The summed E-state index contributed by atoms with van der Waals surface area (Å²) in [6, 6.07) is 12.4. The first kappa shape index (κ1) is 26.0. The Bertz CT molecular complexity index is 986. The monoisotopic (exact) mass is 469 g/mol. The molecule has 0 aromatic heterocycles. The molecule has 1 saturated heterocycles. The van der Waals surface area contributed by atoms with Crippen LogP contribution in [0.4, 0.5) is 5.69 Å². The average molecular weight is 470 g/mol. The molecular formula is C27H39N3O4. The number of nitrogens with zero attached hydrogens (tertiary/aromatic N) is 3. The molecule has 2 heterocycles. The third-order valence-electron chi connectivity index (χ3n) is 7.26. The van der Waals surface area contributed by atoms with Crippen molar-refractivity contribution in [2.75, 3.05) is 37.7 Å². The van der Waals surface area contributed by atoms with Gasteiger partial charge in [0.1, 0.15) is 5.75 Å². The van der Waals surface area contributed by atoms with Crippen LogP contribution in [-0.2, 0) is 13.1 Å². The van der Waals surface area contributed by atoms with Gasteiger partial charge in [-0.15, -0.1) is 0 Å². The maximum atomic E-state index is 13.2. The van der Waals surface area contributed by atoms with E-state index in [4.69, 9.17) is 0 Å². The van der Waals surface area contributed by atoms with E-state index in [9.17, 15) is 15.0 Å². The van der Waals surface area contributed by atoms with Gasteiger partial charge in [-0.2, -0.15) is 0 Å². The molecule has 2 aromatic carbocycles. The number of fused-ring (bicyclic) bond motifs is 1. The number of piperidine rings is 1. The van der Waals surface area contributed by atoms with Crippen molar-refractivity contribution in [1.82, 2.24) is 9.80 Å². The van der Waals surface area contributed by atoms with Crippen molar-refractivity contribution in [2.24, 2.45) is 0 Å². The van der Waals surface area contributed by atoms with Gasteiger partial charge in [-0.25, -0.2) is 0 Å². The number of phenolic OH excluding ortho intramolecular Hbond substituents is 1. The summed E-state index contributed by atoms with van der Waals surface area (Å²) in [5.74, 6) is 0.232. The SMILES string of the molecule is CCN(CCO)C1CCN(c2ccc3c(c2)CN(C(=O)c2cc(C(C)C)ccc2O)C3)CC1.O. The van der Waals surface area contributed by atoms with Crippen LogP contribution in [0.2, 0.25) is 0 Å². The third-order valence-corrected chi connectivity index (χ3v) is 7.26. The minimum atomic E-state index is -0.114. The fourth-order valence-electron chi connectivity index (χ4n) is 5.19. The summed E-state index contributed by atoms with van der Waals surface area (Å²) >= 11 is 0. The summed E-state index contributed by atoms with van der Waals surface area (Å²) in [7, 11) is 0. The number of likely N-dealkylation sites (N-methyl/N-ethyl adjacent to an activating group) is 1. The van der Waals surface area contributed by atoms with Crippen LogP contribution in [0.5, 0.6) is 5.75 Å². The number of benzene rings is 2. The van der Waals surface area contributed by atoms with Crippen LogP contribution in [0.15, 0.2) is 36.4 Å². The zero-order valence-electron chi connectivity index (χ0n) is 20.6. The molecule has 0 bridgehead atoms. The molecule has 0 aliphatic carbocycles. The number of amides is 1. The van der Waals surface area contributed by atoms with E-state index < -0.39 is 0 Å². The molecule has 0 radical (unpaired) electrons. The normalized spacial score (nSPS) is 16.2. The highest BCUT2D eigenvalue weighted by atomic mass is 16.3. The minimum Gasteiger partial charge on any atom is -0.507 e. The fourth-order valence-corrected chi connectivity index (χ4v) is 5.19. The van der Waals surface area contributed by atoms with Gasteiger partial charge in [-0.05, 0) is 66.3 Å². The third kappa shape index (κ3) is 5.37. The molecule has 7 heteroatoms. The van der Waals surface area contributed by atoms with Gasteiger partial charge in [0, 0.05) is 44.5 Å². The summed E-state index contributed by atoms with van der Waals surface area (Å²) < 4.78 is 0. The summed E-state index contributed by atoms with van der Waals surface area (Å²) in [5.41, 5.74) is 5.04. The lowest BCUT2D eigenvalue weighted by molar-refractivity contribution is 0.0748. The number of hydrogen-bond acceptors (Lipinski definition) is 5. The second-order valence-electron chi connectivity index (χ2n) is 9.62. The Kier molecular flexibility index (Phi) is 8.57. The number of carbonyl (C=O) groups is 1. The Labute approximate surface area is 202 Å². The van der Waals surface area contributed by atoms with Gasteiger partial charge in [0.2, 0.25) is 0 Å². The Morgan fingerprint density at radius 3 is 2.44 bits per heavy atom. The number of hydrogen-bond donors (Lipinski definition) is 2. The molecule has 0 atom stereocenters. The molecule has 2 aliphatic rings. The van der Waals surface area contributed by atoms with Crippen LogP contribution in [-0.4, -0.2) is 70.2 Å². The van der Waals surface area contributed by atoms with Crippen molar-refractivity contribution in [1.29, 1.82) is 0 Å². The lowest BCUT2D eigenvalue weighted by atomic mass is 10.00. The van der Waals surface area contributed by atoms with Gasteiger partial charge >= 0.3 is 0 Å². The molecule has 2 aliphatic heterocycles. The van der Waals surface area contributed by atoms with E-state index in [-0.39, 0.29) is 23.7 Å². The summed E-state index contributed by atoms with van der Waals surface area (Å²) in [6.07, 6.45) is 2.20. The van der Waals surface area contributed by atoms with E-state index in [0.717, 1.165) is 44.6 Å². The number of anilines is 1. The van der Waals surface area contributed by atoms with Gasteiger partial charge in [-0.3, -0.25) is 9.69 Å². The molecule has 7 nitrogen and oxygen atoms in total. The zero-order chi connectivity index (χ0) is 23.5. The molecule has 34 heavy (non-hydrogen) atoms. The van der Waals surface area contributed by atoms with E-state index in [2.05, 4.69) is 48.8 Å². The van der Waals surface area contributed by atoms with Crippen molar-refractivity contribution in [3.8, 4) is 5.75 Å². The summed E-state index contributed by atoms with van der Waals surface area (Å²) in [4.78, 5) is 19.9. The van der Waals surface area contributed by atoms with Gasteiger partial charge in [0.25, 0.3) is 5.91 Å². The van der Waals surface area contributed by atoms with E-state index in [0.29, 0.717) is 30.6 Å². The summed E-state index contributed by atoms with van der Waals surface area (Å²) in [6.45, 7) is 11.4. The van der Waals surface area contributed by atoms with Crippen LogP contribution in [0, 0.1) is 0 Å². The first-order chi connectivity index (χ1) is 15.9. The number of phenols is 1. The van der Waals surface area contributed by atoms with Crippen molar-refractivity contribution >= 4 is 11.6 Å². The molecule has 2 aromatic rings. The highest BCUT2D eigenvalue weighted by Crippen LogP contribution is 2.32. The van der Waals surface area contributed by atoms with Gasteiger partial charge in [0.15, 0.2) is 0 Å². The zero-order valence-corrected chi connectivity index (χ0v) is 20.6. The Hall–Kier alpha value is -2.61. The van der Waals surface area contributed by atoms with Crippen LogP contribution in [0.25, 0.3) is 0 Å².